The Morgan fingerprint density at radius 2 is 1.55 bits per heavy atom. The minimum atomic E-state index is -0.397. The normalized spacial score (nSPS) is 23.1. The summed E-state index contributed by atoms with van der Waals surface area (Å²) in [5, 5.41) is 0. The molecule has 0 atom stereocenters. The molecule has 1 spiro atoms. The summed E-state index contributed by atoms with van der Waals surface area (Å²) in [5.74, 6) is 0.288. The topological polar surface area (TPSA) is 44.8 Å². The second-order valence-electron chi connectivity index (χ2n) is 6.77. The molecule has 1 aliphatic carbocycles. The molecule has 0 aromatic heterocycles. The summed E-state index contributed by atoms with van der Waals surface area (Å²) < 4.78 is 17.1. The largest absolute Gasteiger partial charge is 0.462 e. The number of carbonyl (C=O) groups excluding carboxylic acids is 1. The summed E-state index contributed by atoms with van der Waals surface area (Å²) in [6.45, 7) is 9.78. The molecular weight excluding hydrogens is 256 g/mol. The lowest BCUT2D eigenvalue weighted by Crippen LogP contribution is -2.39. The summed E-state index contributed by atoms with van der Waals surface area (Å²) in [7, 11) is 0. The van der Waals surface area contributed by atoms with Crippen LogP contribution < -0.4 is 0 Å². The van der Waals surface area contributed by atoms with Crippen molar-refractivity contribution in [2.24, 2.45) is 17.8 Å². The molecular formula is C16H28O4. The summed E-state index contributed by atoms with van der Waals surface area (Å²) in [6.07, 6.45) is 3.24. The van der Waals surface area contributed by atoms with E-state index in [0.29, 0.717) is 25.0 Å². The molecule has 2 aliphatic rings. The van der Waals surface area contributed by atoms with E-state index in [9.17, 15) is 4.79 Å². The molecule has 1 saturated heterocycles. The minimum absolute atomic E-state index is 0.00780. The lowest BCUT2D eigenvalue weighted by molar-refractivity contribution is -0.190. The Kier molecular flexibility index (Phi) is 5.08. The van der Waals surface area contributed by atoms with Gasteiger partial charge < -0.3 is 14.2 Å². The van der Waals surface area contributed by atoms with Crippen molar-refractivity contribution >= 4 is 5.97 Å². The fraction of sp³-hybridized carbons (Fsp3) is 0.938. The smallest absolute Gasteiger partial charge is 0.309 e. The molecule has 0 bridgehead atoms. The van der Waals surface area contributed by atoms with Crippen molar-refractivity contribution in [1.82, 2.24) is 0 Å². The van der Waals surface area contributed by atoms with Crippen molar-refractivity contribution in [2.75, 3.05) is 13.2 Å². The first kappa shape index (κ1) is 15.8. The molecule has 20 heavy (non-hydrogen) atoms. The Hall–Kier alpha value is -0.610. The van der Waals surface area contributed by atoms with E-state index in [4.69, 9.17) is 14.2 Å². The molecule has 0 amide bonds. The predicted molar refractivity (Wildman–Crippen MR) is 76.1 cm³/mol. The van der Waals surface area contributed by atoms with Crippen LogP contribution in [0.15, 0.2) is 0 Å². The van der Waals surface area contributed by atoms with Crippen LogP contribution in [0.3, 0.4) is 0 Å². The van der Waals surface area contributed by atoms with Crippen molar-refractivity contribution in [1.29, 1.82) is 0 Å². The van der Waals surface area contributed by atoms with Gasteiger partial charge in [-0.1, -0.05) is 27.7 Å². The van der Waals surface area contributed by atoms with E-state index in [0.717, 1.165) is 25.7 Å². The number of hydrogen-bond donors (Lipinski definition) is 0. The number of ether oxygens (including phenoxy) is 3. The fourth-order valence-corrected chi connectivity index (χ4v) is 3.35. The predicted octanol–water partition coefficient (Wildman–Crippen LogP) is 3.14. The van der Waals surface area contributed by atoms with E-state index < -0.39 is 5.79 Å². The van der Waals surface area contributed by atoms with E-state index in [1.54, 1.807) is 0 Å². The Bertz CT molecular complexity index is 313. The van der Waals surface area contributed by atoms with Crippen LogP contribution in [0.2, 0.25) is 0 Å². The van der Waals surface area contributed by atoms with Gasteiger partial charge >= 0.3 is 5.97 Å². The van der Waals surface area contributed by atoms with Crippen LogP contribution in [0.4, 0.5) is 0 Å². The van der Waals surface area contributed by atoms with Gasteiger partial charge in [0.2, 0.25) is 0 Å². The Balaban J connectivity index is 1.85. The quantitative estimate of drug-likeness (QED) is 0.744. The van der Waals surface area contributed by atoms with Gasteiger partial charge in [0.25, 0.3) is 0 Å². The van der Waals surface area contributed by atoms with E-state index in [-0.39, 0.29) is 18.0 Å². The van der Waals surface area contributed by atoms with Crippen LogP contribution in [0.25, 0.3) is 0 Å². The molecule has 1 heterocycles. The molecule has 0 aromatic rings. The van der Waals surface area contributed by atoms with Gasteiger partial charge in [0, 0.05) is 12.8 Å². The zero-order valence-corrected chi connectivity index (χ0v) is 13.2. The van der Waals surface area contributed by atoms with Crippen LogP contribution in [0.1, 0.15) is 53.4 Å². The van der Waals surface area contributed by atoms with E-state index >= 15 is 0 Å². The summed E-state index contributed by atoms with van der Waals surface area (Å²) in [5.41, 5.74) is 0. The molecule has 0 unspecified atom stereocenters. The molecule has 4 nitrogen and oxygen atoms in total. The first-order valence-corrected chi connectivity index (χ1v) is 7.92. The molecule has 116 valence electrons. The van der Waals surface area contributed by atoms with Gasteiger partial charge in [-0.2, -0.15) is 0 Å². The molecule has 1 aliphatic heterocycles. The van der Waals surface area contributed by atoms with E-state index in [2.05, 4.69) is 27.7 Å². The second kappa shape index (κ2) is 6.44. The van der Waals surface area contributed by atoms with Crippen LogP contribution >= 0.6 is 0 Å². The Morgan fingerprint density at radius 1 is 1.05 bits per heavy atom. The maximum Gasteiger partial charge on any atom is 0.309 e. The van der Waals surface area contributed by atoms with Crippen LogP contribution in [0.5, 0.6) is 0 Å². The molecule has 2 fully saturated rings. The van der Waals surface area contributed by atoms with E-state index in [1.165, 1.54) is 0 Å². The fourth-order valence-electron chi connectivity index (χ4n) is 3.35. The monoisotopic (exact) mass is 284 g/mol. The van der Waals surface area contributed by atoms with Crippen LogP contribution in [-0.4, -0.2) is 31.1 Å². The Labute approximate surface area is 122 Å². The third-order valence-corrected chi connectivity index (χ3v) is 4.46. The third-order valence-electron chi connectivity index (χ3n) is 4.46. The summed E-state index contributed by atoms with van der Waals surface area (Å²) in [4.78, 5) is 12.3. The molecule has 2 rings (SSSR count). The van der Waals surface area contributed by atoms with Crippen LogP contribution in [-0.2, 0) is 19.0 Å². The maximum atomic E-state index is 12.3. The zero-order valence-electron chi connectivity index (χ0n) is 13.2. The third kappa shape index (κ3) is 3.53. The van der Waals surface area contributed by atoms with Crippen molar-refractivity contribution < 1.29 is 19.0 Å². The highest BCUT2D eigenvalue weighted by Crippen LogP contribution is 2.39. The van der Waals surface area contributed by atoms with Gasteiger partial charge in [0.1, 0.15) is 6.10 Å². The SMILES string of the molecule is CC(C)C(OC(=O)C1CCC2(CC1)OCCO2)C(C)C. The van der Waals surface area contributed by atoms with Gasteiger partial charge in [-0.15, -0.1) is 0 Å². The van der Waals surface area contributed by atoms with Crippen molar-refractivity contribution in [3.63, 3.8) is 0 Å². The van der Waals surface area contributed by atoms with Crippen molar-refractivity contribution in [2.45, 2.75) is 65.3 Å². The standard InChI is InChI=1S/C16H28O4/c1-11(2)14(12(3)4)20-15(17)13-5-7-16(8-6-13)18-9-10-19-16/h11-14H,5-10H2,1-4H3. The number of esters is 1. The molecule has 4 heteroatoms. The highest BCUT2D eigenvalue weighted by Gasteiger charge is 2.42. The van der Waals surface area contributed by atoms with Gasteiger partial charge in [0.05, 0.1) is 19.1 Å². The summed E-state index contributed by atoms with van der Waals surface area (Å²) >= 11 is 0. The highest BCUT2D eigenvalue weighted by atomic mass is 16.7. The number of carbonyl (C=O) groups is 1. The molecule has 0 radical (unpaired) electrons. The first-order chi connectivity index (χ1) is 9.43. The van der Waals surface area contributed by atoms with Crippen molar-refractivity contribution in [3.05, 3.63) is 0 Å². The van der Waals surface area contributed by atoms with Gasteiger partial charge in [-0.25, -0.2) is 0 Å². The minimum Gasteiger partial charge on any atom is -0.462 e. The molecule has 1 saturated carbocycles. The zero-order chi connectivity index (χ0) is 14.8. The summed E-state index contributed by atoms with van der Waals surface area (Å²) in [6, 6.07) is 0. The molecule has 0 N–H and O–H groups in total. The lowest BCUT2D eigenvalue weighted by atomic mass is 9.85. The van der Waals surface area contributed by atoms with E-state index in [1.807, 2.05) is 0 Å². The van der Waals surface area contributed by atoms with Crippen LogP contribution in [0, 0.1) is 17.8 Å². The van der Waals surface area contributed by atoms with Gasteiger partial charge in [-0.05, 0) is 24.7 Å². The average molecular weight is 284 g/mol. The Morgan fingerprint density at radius 3 is 2.00 bits per heavy atom. The lowest BCUT2D eigenvalue weighted by Gasteiger charge is -2.35. The van der Waals surface area contributed by atoms with Gasteiger partial charge in [-0.3, -0.25) is 4.79 Å². The van der Waals surface area contributed by atoms with Gasteiger partial charge in [0.15, 0.2) is 5.79 Å². The first-order valence-electron chi connectivity index (χ1n) is 7.92. The molecule has 0 aromatic carbocycles. The number of rotatable bonds is 4. The highest BCUT2D eigenvalue weighted by molar-refractivity contribution is 5.72. The van der Waals surface area contributed by atoms with Crippen molar-refractivity contribution in [3.8, 4) is 0 Å². The average Bonchev–Trinajstić information content (AvgIpc) is 2.84. The number of hydrogen-bond acceptors (Lipinski definition) is 4. The second-order valence-corrected chi connectivity index (χ2v) is 6.77. The maximum absolute atomic E-state index is 12.3.